The van der Waals surface area contributed by atoms with Crippen LogP contribution in [0.4, 0.5) is 4.79 Å². The highest BCUT2D eigenvalue weighted by molar-refractivity contribution is 5.73. The number of urea groups is 1. The molecule has 1 saturated carbocycles. The van der Waals surface area contributed by atoms with Crippen LogP contribution in [0.25, 0.3) is 0 Å². The number of nitrogens with one attached hydrogen (secondary N) is 2. The lowest BCUT2D eigenvalue weighted by Gasteiger charge is -2.26. The quantitative estimate of drug-likeness (QED) is 0.722. The first kappa shape index (κ1) is 17.7. The van der Waals surface area contributed by atoms with E-state index < -0.39 is 0 Å². The van der Waals surface area contributed by atoms with E-state index in [1.54, 1.807) is 6.20 Å². The van der Waals surface area contributed by atoms with Gasteiger partial charge in [0.1, 0.15) is 0 Å². The van der Waals surface area contributed by atoms with Crippen molar-refractivity contribution in [3.63, 3.8) is 0 Å². The molecular weight excluding hydrogens is 290 g/mol. The normalized spacial score (nSPS) is 22.3. The van der Waals surface area contributed by atoms with Crippen molar-refractivity contribution in [2.75, 3.05) is 19.7 Å². The maximum Gasteiger partial charge on any atom is 0.314 e. The topological polar surface area (TPSA) is 74.2 Å². The summed E-state index contributed by atoms with van der Waals surface area (Å²) in [6, 6.07) is 5.60. The molecule has 1 aromatic rings. The van der Waals surface area contributed by atoms with Crippen molar-refractivity contribution in [3.05, 3.63) is 30.1 Å². The van der Waals surface area contributed by atoms with Crippen LogP contribution in [-0.4, -0.2) is 35.8 Å². The van der Waals surface area contributed by atoms with Gasteiger partial charge in [0.25, 0.3) is 0 Å². The molecule has 5 nitrogen and oxygen atoms in total. The molecule has 0 aromatic carbocycles. The summed E-state index contributed by atoms with van der Waals surface area (Å²) in [5, 5.41) is 15.3. The Kier molecular flexibility index (Phi) is 7.33. The number of nitrogens with zero attached hydrogens (tertiary/aromatic N) is 1. The third-order valence-corrected chi connectivity index (χ3v) is 4.63. The van der Waals surface area contributed by atoms with Gasteiger partial charge in [-0.3, -0.25) is 4.98 Å². The Bertz CT molecular complexity index is 467. The molecule has 0 saturated heterocycles. The molecular formula is C18H29N3O2. The van der Waals surface area contributed by atoms with Gasteiger partial charge in [-0.15, -0.1) is 0 Å². The highest BCUT2D eigenvalue weighted by Crippen LogP contribution is 2.27. The Labute approximate surface area is 138 Å². The van der Waals surface area contributed by atoms with Crippen LogP contribution in [0.2, 0.25) is 0 Å². The molecule has 128 valence electrons. The smallest absolute Gasteiger partial charge is 0.314 e. The molecule has 5 heteroatoms. The standard InChI is InChI=1S/C18H29N3O2/c1-14-5-4-6-15(9-14)11-20-18(23)21-12-16(13-22)10-17-7-2-3-8-19-17/h2-3,7-8,14-16,22H,4-6,9-13H2,1H3,(H2,20,21,23). The van der Waals surface area contributed by atoms with E-state index in [2.05, 4.69) is 22.5 Å². The highest BCUT2D eigenvalue weighted by Gasteiger charge is 2.19. The zero-order chi connectivity index (χ0) is 16.5. The molecule has 3 atom stereocenters. The summed E-state index contributed by atoms with van der Waals surface area (Å²) in [7, 11) is 0. The summed E-state index contributed by atoms with van der Waals surface area (Å²) in [6.07, 6.45) is 7.41. The second kappa shape index (κ2) is 9.50. The molecule has 23 heavy (non-hydrogen) atoms. The minimum atomic E-state index is -0.136. The van der Waals surface area contributed by atoms with Crippen LogP contribution in [0.1, 0.15) is 38.3 Å². The Hall–Kier alpha value is -1.62. The first-order valence-electron chi connectivity index (χ1n) is 8.69. The fourth-order valence-corrected chi connectivity index (χ4v) is 3.30. The van der Waals surface area contributed by atoms with Gasteiger partial charge < -0.3 is 15.7 Å². The van der Waals surface area contributed by atoms with Gasteiger partial charge in [-0.1, -0.05) is 25.8 Å². The molecule has 1 heterocycles. The predicted octanol–water partition coefficient (Wildman–Crippen LogP) is 2.36. The van der Waals surface area contributed by atoms with Crippen LogP contribution >= 0.6 is 0 Å². The van der Waals surface area contributed by atoms with Gasteiger partial charge in [-0.2, -0.15) is 0 Å². The third kappa shape index (κ3) is 6.57. The molecule has 1 aliphatic rings. The number of amides is 2. The summed E-state index contributed by atoms with van der Waals surface area (Å²) < 4.78 is 0. The second-order valence-corrected chi connectivity index (χ2v) is 6.80. The van der Waals surface area contributed by atoms with Crippen molar-refractivity contribution >= 4 is 6.03 Å². The SMILES string of the molecule is CC1CCCC(CNC(=O)NCC(CO)Cc2ccccn2)C1. The van der Waals surface area contributed by atoms with Crippen molar-refractivity contribution in [3.8, 4) is 0 Å². The lowest BCUT2D eigenvalue weighted by Crippen LogP contribution is -2.41. The summed E-state index contributed by atoms with van der Waals surface area (Å²) >= 11 is 0. The zero-order valence-corrected chi connectivity index (χ0v) is 14.0. The van der Waals surface area contributed by atoms with Crippen molar-refractivity contribution in [1.82, 2.24) is 15.6 Å². The van der Waals surface area contributed by atoms with Gasteiger partial charge in [0.2, 0.25) is 0 Å². The lowest BCUT2D eigenvalue weighted by atomic mass is 9.82. The third-order valence-electron chi connectivity index (χ3n) is 4.63. The van der Waals surface area contributed by atoms with Crippen molar-refractivity contribution in [1.29, 1.82) is 0 Å². The highest BCUT2D eigenvalue weighted by atomic mass is 16.3. The number of aromatic nitrogens is 1. The second-order valence-electron chi connectivity index (χ2n) is 6.80. The first-order valence-corrected chi connectivity index (χ1v) is 8.69. The molecule has 1 fully saturated rings. The van der Waals surface area contributed by atoms with Crippen LogP contribution in [0.3, 0.4) is 0 Å². The maximum absolute atomic E-state index is 11.9. The van der Waals surface area contributed by atoms with E-state index >= 15 is 0 Å². The summed E-state index contributed by atoms with van der Waals surface area (Å²) in [6.45, 7) is 3.53. The minimum absolute atomic E-state index is 0.00893. The number of aliphatic hydroxyl groups excluding tert-OH is 1. The average molecular weight is 319 g/mol. The van der Waals surface area contributed by atoms with E-state index in [-0.39, 0.29) is 18.6 Å². The van der Waals surface area contributed by atoms with Gasteiger partial charge in [0, 0.05) is 37.5 Å². The number of carbonyl (C=O) groups excluding carboxylic acids is 1. The van der Waals surface area contributed by atoms with Crippen molar-refractivity contribution in [2.24, 2.45) is 17.8 Å². The van der Waals surface area contributed by atoms with Crippen LogP contribution in [0.5, 0.6) is 0 Å². The number of hydrogen-bond donors (Lipinski definition) is 3. The number of pyridine rings is 1. The predicted molar refractivity (Wildman–Crippen MR) is 91.0 cm³/mol. The van der Waals surface area contributed by atoms with E-state index in [0.29, 0.717) is 18.9 Å². The number of carbonyl (C=O) groups is 1. The number of aliphatic hydroxyl groups is 1. The molecule has 2 amide bonds. The minimum Gasteiger partial charge on any atom is -0.396 e. The van der Waals surface area contributed by atoms with Gasteiger partial charge in [-0.25, -0.2) is 4.79 Å². The van der Waals surface area contributed by atoms with Crippen LogP contribution in [0.15, 0.2) is 24.4 Å². The molecule has 0 bridgehead atoms. The van der Waals surface area contributed by atoms with E-state index in [0.717, 1.165) is 18.2 Å². The van der Waals surface area contributed by atoms with Crippen molar-refractivity contribution in [2.45, 2.75) is 39.0 Å². The lowest BCUT2D eigenvalue weighted by molar-refractivity contribution is 0.210. The number of rotatable bonds is 7. The van der Waals surface area contributed by atoms with Crippen LogP contribution in [-0.2, 0) is 6.42 Å². The van der Waals surface area contributed by atoms with E-state index in [4.69, 9.17) is 0 Å². The first-order chi connectivity index (χ1) is 11.2. The van der Waals surface area contributed by atoms with E-state index in [9.17, 15) is 9.90 Å². The molecule has 0 aliphatic heterocycles. The van der Waals surface area contributed by atoms with Gasteiger partial charge >= 0.3 is 6.03 Å². The molecule has 0 radical (unpaired) electrons. The molecule has 1 aromatic heterocycles. The number of hydrogen-bond acceptors (Lipinski definition) is 3. The van der Waals surface area contributed by atoms with E-state index in [1.165, 1.54) is 25.7 Å². The zero-order valence-electron chi connectivity index (χ0n) is 14.0. The maximum atomic E-state index is 11.9. The molecule has 1 aliphatic carbocycles. The summed E-state index contributed by atoms with van der Waals surface area (Å²) in [5.74, 6) is 1.37. The average Bonchev–Trinajstić information content (AvgIpc) is 2.57. The fourth-order valence-electron chi connectivity index (χ4n) is 3.30. The van der Waals surface area contributed by atoms with E-state index in [1.807, 2.05) is 18.2 Å². The summed E-state index contributed by atoms with van der Waals surface area (Å²) in [4.78, 5) is 16.2. The van der Waals surface area contributed by atoms with Crippen LogP contribution in [0, 0.1) is 17.8 Å². The van der Waals surface area contributed by atoms with Gasteiger partial charge in [-0.05, 0) is 43.2 Å². The van der Waals surface area contributed by atoms with Crippen LogP contribution < -0.4 is 10.6 Å². The van der Waals surface area contributed by atoms with Gasteiger partial charge in [0.15, 0.2) is 0 Å². The van der Waals surface area contributed by atoms with Gasteiger partial charge in [0.05, 0.1) is 0 Å². The summed E-state index contributed by atoms with van der Waals surface area (Å²) in [5.41, 5.74) is 0.935. The Morgan fingerprint density at radius 2 is 2.26 bits per heavy atom. The molecule has 0 spiro atoms. The monoisotopic (exact) mass is 319 g/mol. The molecule has 3 N–H and O–H groups in total. The Morgan fingerprint density at radius 1 is 1.39 bits per heavy atom. The fraction of sp³-hybridized carbons (Fsp3) is 0.667. The largest absolute Gasteiger partial charge is 0.396 e. The van der Waals surface area contributed by atoms with Crippen molar-refractivity contribution < 1.29 is 9.90 Å². The Balaban J connectivity index is 1.66. The molecule has 2 rings (SSSR count). The molecule has 3 unspecified atom stereocenters. The Morgan fingerprint density at radius 3 is 2.96 bits per heavy atom.